The third-order valence-corrected chi connectivity index (χ3v) is 5.28. The summed E-state index contributed by atoms with van der Waals surface area (Å²) in [4.78, 5) is 37.8. The van der Waals surface area contributed by atoms with Crippen molar-refractivity contribution in [3.8, 4) is 0 Å². The zero-order valence-corrected chi connectivity index (χ0v) is 18.9. The Bertz CT molecular complexity index is 503. The summed E-state index contributed by atoms with van der Waals surface area (Å²) in [7, 11) is 0. The summed E-state index contributed by atoms with van der Waals surface area (Å²) in [5.41, 5.74) is 11.0. The summed E-state index contributed by atoms with van der Waals surface area (Å²) >= 11 is 0. The van der Waals surface area contributed by atoms with Crippen LogP contribution in [0.4, 0.5) is 0 Å². The molecule has 1 rings (SSSR count). The average molecular weight is 442 g/mol. The van der Waals surface area contributed by atoms with Crippen molar-refractivity contribution in [2.75, 3.05) is 65.4 Å². The van der Waals surface area contributed by atoms with Crippen molar-refractivity contribution in [3.05, 3.63) is 0 Å². The van der Waals surface area contributed by atoms with Gasteiger partial charge in [0.05, 0.1) is 6.54 Å². The summed E-state index contributed by atoms with van der Waals surface area (Å²) in [6.07, 6.45) is 5.38. The number of hydrogen-bond donors (Lipinski definition) is 6. The van der Waals surface area contributed by atoms with Gasteiger partial charge < -0.3 is 37.6 Å². The zero-order chi connectivity index (χ0) is 22.7. The van der Waals surface area contributed by atoms with Gasteiger partial charge in [-0.05, 0) is 44.7 Å². The maximum atomic E-state index is 12.2. The van der Waals surface area contributed by atoms with Crippen molar-refractivity contribution in [1.82, 2.24) is 26.2 Å². The Morgan fingerprint density at radius 2 is 1.45 bits per heavy atom. The predicted molar refractivity (Wildman–Crippen MR) is 122 cm³/mol. The van der Waals surface area contributed by atoms with Gasteiger partial charge in [0.1, 0.15) is 0 Å². The van der Waals surface area contributed by atoms with Crippen molar-refractivity contribution in [2.24, 2.45) is 17.4 Å². The van der Waals surface area contributed by atoms with Crippen LogP contribution in [0.3, 0.4) is 0 Å². The van der Waals surface area contributed by atoms with Crippen molar-refractivity contribution in [3.63, 3.8) is 0 Å². The fraction of sp³-hybridized carbons (Fsp3) is 0.857. The molecule has 1 aliphatic heterocycles. The minimum absolute atomic E-state index is 0.00308. The highest BCUT2D eigenvalue weighted by molar-refractivity contribution is 5.84. The van der Waals surface area contributed by atoms with E-state index in [0.29, 0.717) is 32.5 Å². The minimum atomic E-state index is -0.0885. The second-order valence-electron chi connectivity index (χ2n) is 8.08. The zero-order valence-electron chi connectivity index (χ0n) is 18.9. The lowest BCUT2D eigenvalue weighted by Gasteiger charge is -2.18. The molecule has 0 unspecified atom stereocenters. The number of unbranched alkanes of at least 4 members (excludes halogenated alkanes) is 2. The first-order valence-electron chi connectivity index (χ1n) is 11.7. The summed E-state index contributed by atoms with van der Waals surface area (Å²) in [6, 6.07) is 0. The number of hydrogen-bond acceptors (Lipinski definition) is 7. The van der Waals surface area contributed by atoms with E-state index in [4.69, 9.17) is 11.5 Å². The Balaban J connectivity index is 2.06. The highest BCUT2D eigenvalue weighted by Crippen LogP contribution is 2.07. The third kappa shape index (κ3) is 14.0. The molecule has 10 heteroatoms. The van der Waals surface area contributed by atoms with Crippen LogP contribution in [-0.2, 0) is 14.4 Å². The van der Waals surface area contributed by atoms with Gasteiger partial charge in [0, 0.05) is 58.7 Å². The largest absolute Gasteiger partial charge is 0.356 e. The molecule has 0 aliphatic carbocycles. The van der Waals surface area contributed by atoms with E-state index in [1.165, 1.54) is 0 Å². The number of nitrogens with two attached hydrogens (primary N) is 2. The quantitative estimate of drug-likeness (QED) is 0.142. The van der Waals surface area contributed by atoms with Crippen molar-refractivity contribution >= 4 is 17.7 Å². The van der Waals surface area contributed by atoms with Crippen LogP contribution in [0.25, 0.3) is 0 Å². The molecule has 0 spiro atoms. The van der Waals surface area contributed by atoms with Gasteiger partial charge in [-0.3, -0.25) is 14.4 Å². The monoisotopic (exact) mass is 441 g/mol. The Labute approximate surface area is 186 Å². The van der Waals surface area contributed by atoms with Crippen LogP contribution in [-0.4, -0.2) is 88.1 Å². The van der Waals surface area contributed by atoms with Crippen molar-refractivity contribution in [1.29, 1.82) is 0 Å². The molecular weight excluding hydrogens is 398 g/mol. The van der Waals surface area contributed by atoms with Gasteiger partial charge in [-0.25, -0.2) is 0 Å². The molecule has 1 aliphatic rings. The fourth-order valence-electron chi connectivity index (χ4n) is 3.52. The maximum Gasteiger partial charge on any atom is 0.241 e. The normalized spacial score (nSPS) is 13.6. The number of carbonyl (C=O) groups is 3. The topological polar surface area (TPSA) is 155 Å². The van der Waals surface area contributed by atoms with Gasteiger partial charge in [-0.2, -0.15) is 0 Å². The Kier molecular flexibility index (Phi) is 15.7. The number of rotatable bonds is 18. The van der Waals surface area contributed by atoms with Gasteiger partial charge in [-0.1, -0.05) is 6.42 Å². The Morgan fingerprint density at radius 1 is 0.806 bits per heavy atom. The maximum absolute atomic E-state index is 12.2. The molecule has 0 atom stereocenters. The molecule has 1 fully saturated rings. The predicted octanol–water partition coefficient (Wildman–Crippen LogP) is -1.50. The van der Waals surface area contributed by atoms with E-state index in [9.17, 15) is 14.4 Å². The molecule has 0 saturated carbocycles. The SMILES string of the molecule is NCCNCC(CNCCN)CC(=O)NCCCCCC(=O)NCC(=O)N1CCCC1. The fourth-order valence-corrected chi connectivity index (χ4v) is 3.52. The van der Waals surface area contributed by atoms with E-state index in [1.807, 2.05) is 0 Å². The number of nitrogens with one attached hydrogen (secondary N) is 4. The van der Waals surface area contributed by atoms with Crippen LogP contribution in [0.1, 0.15) is 44.9 Å². The van der Waals surface area contributed by atoms with E-state index >= 15 is 0 Å². The minimum Gasteiger partial charge on any atom is -0.356 e. The van der Waals surface area contributed by atoms with Gasteiger partial charge in [0.2, 0.25) is 17.7 Å². The molecule has 0 radical (unpaired) electrons. The summed E-state index contributed by atoms with van der Waals surface area (Å²) in [5, 5.41) is 12.2. The third-order valence-electron chi connectivity index (χ3n) is 5.28. The van der Waals surface area contributed by atoms with E-state index in [2.05, 4.69) is 21.3 Å². The first kappa shape index (κ1) is 27.3. The molecule has 180 valence electrons. The summed E-state index contributed by atoms with van der Waals surface area (Å²) < 4.78 is 0. The lowest BCUT2D eigenvalue weighted by molar-refractivity contribution is -0.132. The van der Waals surface area contributed by atoms with Crippen LogP contribution in [0.2, 0.25) is 0 Å². The summed E-state index contributed by atoms with van der Waals surface area (Å²) in [5.74, 6) is 0.134. The second kappa shape index (κ2) is 17.9. The summed E-state index contributed by atoms with van der Waals surface area (Å²) in [6.45, 7) is 6.37. The molecule has 31 heavy (non-hydrogen) atoms. The Hall–Kier alpha value is -1.75. The van der Waals surface area contributed by atoms with Gasteiger partial charge in [0.25, 0.3) is 0 Å². The molecule has 10 nitrogen and oxygen atoms in total. The smallest absolute Gasteiger partial charge is 0.241 e. The van der Waals surface area contributed by atoms with Crippen LogP contribution >= 0.6 is 0 Å². The molecule has 0 aromatic carbocycles. The molecule has 0 bridgehead atoms. The highest BCUT2D eigenvalue weighted by atomic mass is 16.2. The molecular formula is C21H43N7O3. The second-order valence-corrected chi connectivity index (χ2v) is 8.08. The van der Waals surface area contributed by atoms with Gasteiger partial charge in [0.15, 0.2) is 0 Å². The van der Waals surface area contributed by atoms with Crippen LogP contribution in [0, 0.1) is 5.92 Å². The van der Waals surface area contributed by atoms with E-state index in [-0.39, 0.29) is 30.2 Å². The van der Waals surface area contributed by atoms with Crippen LogP contribution < -0.4 is 32.7 Å². The number of carbonyl (C=O) groups excluding carboxylic acids is 3. The number of amides is 3. The lowest BCUT2D eigenvalue weighted by Crippen LogP contribution is -2.38. The average Bonchev–Trinajstić information content (AvgIpc) is 3.29. The lowest BCUT2D eigenvalue weighted by atomic mass is 10.0. The van der Waals surface area contributed by atoms with E-state index < -0.39 is 0 Å². The number of likely N-dealkylation sites (tertiary alicyclic amines) is 1. The molecule has 1 heterocycles. The molecule has 3 amide bonds. The van der Waals surface area contributed by atoms with Gasteiger partial charge >= 0.3 is 0 Å². The first-order chi connectivity index (χ1) is 15.1. The highest BCUT2D eigenvalue weighted by Gasteiger charge is 2.18. The Morgan fingerprint density at radius 3 is 2.06 bits per heavy atom. The van der Waals surface area contributed by atoms with Gasteiger partial charge in [-0.15, -0.1) is 0 Å². The molecule has 0 aromatic heterocycles. The van der Waals surface area contributed by atoms with E-state index in [0.717, 1.165) is 71.4 Å². The van der Waals surface area contributed by atoms with Crippen molar-refractivity contribution in [2.45, 2.75) is 44.9 Å². The van der Waals surface area contributed by atoms with Crippen molar-refractivity contribution < 1.29 is 14.4 Å². The molecule has 8 N–H and O–H groups in total. The number of nitrogens with zero attached hydrogens (tertiary/aromatic N) is 1. The molecule has 1 saturated heterocycles. The molecule has 0 aromatic rings. The van der Waals surface area contributed by atoms with E-state index in [1.54, 1.807) is 4.90 Å². The standard InChI is InChI=1S/C21H43N7O3/c22-7-10-24-15-18(16-25-11-8-23)14-20(30)26-9-3-1-2-6-19(29)27-17-21(31)28-12-4-5-13-28/h18,24-25H,1-17,22-23H2,(H,26,30)(H,27,29). The van der Waals surface area contributed by atoms with Crippen LogP contribution in [0.15, 0.2) is 0 Å². The first-order valence-corrected chi connectivity index (χ1v) is 11.7. The van der Waals surface area contributed by atoms with Crippen LogP contribution in [0.5, 0.6) is 0 Å².